The van der Waals surface area contributed by atoms with Crippen LogP contribution in [0.25, 0.3) is 0 Å². The molecule has 1 atom stereocenters. The largest absolute Gasteiger partial charge is 0.743 e. The highest BCUT2D eigenvalue weighted by molar-refractivity contribution is 7.86. The third kappa shape index (κ3) is 7.03. The molecule has 16 heteroatoms. The third-order valence-corrected chi connectivity index (χ3v) is 4.38. The first-order valence-electron chi connectivity index (χ1n) is 8.60. The molecule has 0 aromatic carbocycles. The van der Waals surface area contributed by atoms with Crippen LogP contribution in [-0.4, -0.2) is 61.3 Å². The minimum atomic E-state index is -6.81. The van der Waals surface area contributed by atoms with E-state index in [2.05, 4.69) is 20.8 Å². The van der Waals surface area contributed by atoms with Gasteiger partial charge in [-0.1, -0.05) is 20.4 Å². The third-order valence-electron chi connectivity index (χ3n) is 3.45. The van der Waals surface area contributed by atoms with Crippen molar-refractivity contribution < 1.29 is 67.5 Å². The van der Waals surface area contributed by atoms with E-state index in [1.54, 1.807) is 0 Å². The number of hydrogen-bond acceptors (Lipinski definition) is 8. The van der Waals surface area contributed by atoms with E-state index in [4.69, 9.17) is 0 Å². The van der Waals surface area contributed by atoms with E-state index in [1.165, 1.54) is 13.8 Å². The average Bonchev–Trinajstić information content (AvgIpc) is 2.59. The number of hydrogen-bond donors (Lipinski definition) is 0. The molecule has 0 aliphatic carbocycles. The van der Waals surface area contributed by atoms with Gasteiger partial charge in [-0.05, 0) is 19.3 Å². The minimum absolute atomic E-state index is 0.489. The summed E-state index contributed by atoms with van der Waals surface area (Å²) in [4.78, 5) is 23.7. The van der Waals surface area contributed by atoms with Crippen LogP contribution in [-0.2, 0) is 33.9 Å². The molecule has 0 rings (SSSR count). The number of ether oxygens (including phenoxy) is 3. The maximum Gasteiger partial charge on any atom is 0.468 e. The molecule has 0 radical (unpaired) electrons. The zero-order chi connectivity index (χ0) is 25.8. The van der Waals surface area contributed by atoms with E-state index in [9.17, 15) is 53.3 Å². The highest BCUT2D eigenvalue weighted by Gasteiger charge is 2.68. The van der Waals surface area contributed by atoms with Crippen LogP contribution in [0.3, 0.4) is 0 Å². The van der Waals surface area contributed by atoms with Gasteiger partial charge < -0.3 is 18.8 Å². The van der Waals surface area contributed by atoms with Crippen LogP contribution in [0.5, 0.6) is 0 Å². The van der Waals surface area contributed by atoms with Gasteiger partial charge in [-0.15, -0.1) is 0 Å². The fraction of sp³-hybridized carbons (Fsp3) is 0.750. The van der Waals surface area contributed by atoms with Crippen molar-refractivity contribution in [2.45, 2.75) is 56.8 Å². The van der Waals surface area contributed by atoms with E-state index < -0.39 is 82.7 Å². The Labute approximate surface area is 178 Å². The van der Waals surface area contributed by atoms with Crippen LogP contribution >= 0.6 is 0 Å². The normalized spacial score (nSPS) is 15.2. The van der Waals surface area contributed by atoms with Crippen LogP contribution in [0, 0.1) is 5.92 Å². The van der Waals surface area contributed by atoms with Gasteiger partial charge in [-0.25, -0.2) is 18.0 Å². The Balaban J connectivity index is 5.78. The lowest BCUT2D eigenvalue weighted by atomic mass is 10.2. The molecule has 0 N–H and O–H groups in total. The predicted molar refractivity (Wildman–Crippen MR) is 90.3 cm³/mol. The number of halogens is 7. The Bertz CT molecular complexity index is 808. The molecular formula is C16H20F7O8S-. The van der Waals surface area contributed by atoms with Gasteiger partial charge in [0.05, 0.1) is 13.2 Å². The molecule has 0 saturated heterocycles. The maximum absolute atomic E-state index is 13.7. The van der Waals surface area contributed by atoms with Gasteiger partial charge in [0.25, 0.3) is 0 Å². The first-order chi connectivity index (χ1) is 14.1. The Morgan fingerprint density at radius 3 is 1.94 bits per heavy atom. The number of alkyl halides is 7. The van der Waals surface area contributed by atoms with Crippen molar-refractivity contribution in [1.29, 1.82) is 0 Å². The number of carbonyl (C=O) groups is 2. The smallest absolute Gasteiger partial charge is 0.468 e. The summed E-state index contributed by atoms with van der Waals surface area (Å²) < 4.78 is 138. The van der Waals surface area contributed by atoms with Crippen LogP contribution in [0.2, 0.25) is 0 Å². The molecule has 0 amide bonds. The SMILES string of the molecule is C=C(C)C(=O)OC(OCCCC(F)(F)C(F)(F)S(=O)(=O)[O-])(C(=O)OCC(C)C)C(F)(F)F. The lowest BCUT2D eigenvalue weighted by Gasteiger charge is -2.33. The number of rotatable bonds is 12. The zero-order valence-corrected chi connectivity index (χ0v) is 17.7. The highest BCUT2D eigenvalue weighted by atomic mass is 32.2. The summed E-state index contributed by atoms with van der Waals surface area (Å²) in [6, 6.07) is 0. The molecule has 0 aliphatic rings. The topological polar surface area (TPSA) is 119 Å². The van der Waals surface area contributed by atoms with Crippen LogP contribution < -0.4 is 0 Å². The van der Waals surface area contributed by atoms with Crippen LogP contribution in [0.15, 0.2) is 12.2 Å². The van der Waals surface area contributed by atoms with E-state index in [1.807, 2.05) is 0 Å². The molecular weight excluding hydrogens is 485 g/mol. The first kappa shape index (κ1) is 30.1. The fourth-order valence-electron chi connectivity index (χ4n) is 1.78. The molecule has 188 valence electrons. The number of carbonyl (C=O) groups excluding carboxylic acids is 2. The summed E-state index contributed by atoms with van der Waals surface area (Å²) in [5.41, 5.74) is -0.620. The van der Waals surface area contributed by atoms with E-state index in [0.29, 0.717) is 0 Å². The van der Waals surface area contributed by atoms with E-state index in [-0.39, 0.29) is 0 Å². The molecule has 0 spiro atoms. The van der Waals surface area contributed by atoms with Crippen LogP contribution in [0.4, 0.5) is 30.7 Å². The maximum atomic E-state index is 13.7. The Hall–Kier alpha value is -1.94. The van der Waals surface area contributed by atoms with Crippen molar-refractivity contribution >= 4 is 22.1 Å². The van der Waals surface area contributed by atoms with Crippen LogP contribution in [0.1, 0.15) is 33.6 Å². The molecule has 0 fully saturated rings. The van der Waals surface area contributed by atoms with E-state index >= 15 is 0 Å². The average molecular weight is 505 g/mol. The Morgan fingerprint density at radius 1 is 1.06 bits per heavy atom. The highest BCUT2D eigenvalue weighted by Crippen LogP contribution is 2.42. The standard InChI is InChI=1S/C16H21F7O8S/c1-9(2)8-29-12(25)14(15(19,20)21,31-11(24)10(3)4)30-7-5-6-13(17,18)16(22,23)32(26,27)28/h9H,3,5-8H2,1-2,4H3,(H,26,27,28)/p-1. The quantitative estimate of drug-likeness (QED) is 0.0992. The molecule has 0 bridgehead atoms. The lowest BCUT2D eigenvalue weighted by molar-refractivity contribution is -0.355. The molecule has 32 heavy (non-hydrogen) atoms. The molecule has 0 aromatic rings. The fourth-order valence-corrected chi connectivity index (χ4v) is 2.25. The Kier molecular flexibility index (Phi) is 9.71. The number of esters is 2. The van der Waals surface area contributed by atoms with Gasteiger partial charge >= 0.3 is 35.1 Å². The Morgan fingerprint density at radius 2 is 1.56 bits per heavy atom. The molecule has 0 aliphatic heterocycles. The first-order valence-corrected chi connectivity index (χ1v) is 10.0. The predicted octanol–water partition coefficient (Wildman–Crippen LogP) is 3.13. The van der Waals surface area contributed by atoms with Crippen molar-refractivity contribution in [3.8, 4) is 0 Å². The zero-order valence-electron chi connectivity index (χ0n) is 16.9. The van der Waals surface area contributed by atoms with Gasteiger partial charge in [0, 0.05) is 12.0 Å². The van der Waals surface area contributed by atoms with Gasteiger partial charge in [-0.3, -0.25) is 0 Å². The summed E-state index contributed by atoms with van der Waals surface area (Å²) in [6.07, 6.45) is -9.38. The van der Waals surface area contributed by atoms with Crippen molar-refractivity contribution in [3.63, 3.8) is 0 Å². The van der Waals surface area contributed by atoms with Crippen molar-refractivity contribution in [2.24, 2.45) is 5.92 Å². The summed E-state index contributed by atoms with van der Waals surface area (Å²) in [5.74, 6) is -14.5. The molecule has 0 heterocycles. The summed E-state index contributed by atoms with van der Waals surface area (Å²) in [7, 11) is -6.81. The van der Waals surface area contributed by atoms with Crippen molar-refractivity contribution in [1.82, 2.24) is 0 Å². The second kappa shape index (κ2) is 10.3. The van der Waals surface area contributed by atoms with Crippen molar-refractivity contribution in [2.75, 3.05) is 13.2 Å². The monoisotopic (exact) mass is 505 g/mol. The van der Waals surface area contributed by atoms with Gasteiger partial charge in [0.2, 0.25) is 0 Å². The molecule has 8 nitrogen and oxygen atoms in total. The van der Waals surface area contributed by atoms with E-state index in [0.717, 1.165) is 6.92 Å². The van der Waals surface area contributed by atoms with Gasteiger partial charge in [0.15, 0.2) is 10.1 Å². The van der Waals surface area contributed by atoms with Gasteiger partial charge in [0.1, 0.15) is 0 Å². The van der Waals surface area contributed by atoms with Gasteiger partial charge in [-0.2, -0.15) is 30.7 Å². The lowest BCUT2D eigenvalue weighted by Crippen LogP contribution is -2.58. The minimum Gasteiger partial charge on any atom is -0.743 e. The molecule has 0 aromatic heterocycles. The second-order valence-electron chi connectivity index (χ2n) is 6.90. The van der Waals surface area contributed by atoms with Crippen molar-refractivity contribution in [3.05, 3.63) is 12.2 Å². The summed E-state index contributed by atoms with van der Waals surface area (Å²) in [5, 5.41) is -6.07. The molecule has 1 unspecified atom stereocenters. The summed E-state index contributed by atoms with van der Waals surface area (Å²) >= 11 is 0. The summed E-state index contributed by atoms with van der Waals surface area (Å²) in [6.45, 7) is 4.64. The molecule has 0 saturated carbocycles. The second-order valence-corrected chi connectivity index (χ2v) is 8.32.